The van der Waals surface area contributed by atoms with Gasteiger partial charge in [0.1, 0.15) is 0 Å². The molecule has 2 heteroatoms. The quantitative estimate of drug-likeness (QED) is 0.501. The van der Waals surface area contributed by atoms with Crippen LogP contribution in [0.1, 0.15) is 38.5 Å². The summed E-state index contributed by atoms with van der Waals surface area (Å²) in [5, 5.41) is 0. The summed E-state index contributed by atoms with van der Waals surface area (Å²) < 4.78 is 0. The lowest BCUT2D eigenvalue weighted by Crippen LogP contribution is -2.11. The van der Waals surface area contributed by atoms with Gasteiger partial charge in [-0.25, -0.2) is 9.78 Å². The Morgan fingerprint density at radius 2 is 1.91 bits per heavy atom. The van der Waals surface area contributed by atoms with Crippen molar-refractivity contribution >= 4 is 0 Å². The van der Waals surface area contributed by atoms with Crippen molar-refractivity contribution in [2.45, 2.75) is 44.6 Å². The minimum absolute atomic E-state index is 0.407. The van der Waals surface area contributed by atoms with Crippen LogP contribution in [-0.4, -0.2) is 12.7 Å². The molecule has 2 unspecified atom stereocenters. The lowest BCUT2D eigenvalue weighted by atomic mass is 9.96. The molecule has 64 valence electrons. The van der Waals surface area contributed by atoms with E-state index in [4.69, 9.17) is 9.78 Å². The van der Waals surface area contributed by atoms with Gasteiger partial charge in [0.2, 0.25) is 0 Å². The van der Waals surface area contributed by atoms with E-state index in [1.807, 2.05) is 0 Å². The highest BCUT2D eigenvalue weighted by atomic mass is 17.2. The zero-order valence-corrected chi connectivity index (χ0v) is 6.92. The summed E-state index contributed by atoms with van der Waals surface area (Å²) >= 11 is 0. The maximum atomic E-state index is 5.25. The molecule has 1 aliphatic heterocycles. The molecule has 2 nitrogen and oxygen atoms in total. The summed E-state index contributed by atoms with van der Waals surface area (Å²) in [6.45, 7) is 0.807. The minimum atomic E-state index is 0.407. The first-order valence-corrected chi connectivity index (χ1v) is 4.73. The Labute approximate surface area is 67.8 Å². The van der Waals surface area contributed by atoms with Crippen LogP contribution in [0.4, 0.5) is 0 Å². The number of rotatable bonds is 0. The lowest BCUT2D eigenvalue weighted by Gasteiger charge is -2.11. The molecule has 0 aromatic rings. The van der Waals surface area contributed by atoms with Gasteiger partial charge in [-0.2, -0.15) is 0 Å². The molecule has 1 saturated heterocycles. The zero-order chi connectivity index (χ0) is 7.52. The molecule has 11 heavy (non-hydrogen) atoms. The first-order valence-electron chi connectivity index (χ1n) is 4.73. The van der Waals surface area contributed by atoms with Crippen molar-refractivity contribution in [1.29, 1.82) is 0 Å². The Kier molecular flexibility index (Phi) is 2.44. The third kappa shape index (κ3) is 1.94. The summed E-state index contributed by atoms with van der Waals surface area (Å²) in [6.07, 6.45) is 8.16. The number of fused-ring (bicyclic) bond motifs is 2. The van der Waals surface area contributed by atoms with E-state index >= 15 is 0 Å². The summed E-state index contributed by atoms with van der Waals surface area (Å²) in [7, 11) is 0. The average Bonchev–Trinajstić information content (AvgIpc) is 2.36. The SMILES string of the molecule is C1CCC2CC(C1)CCOO2. The van der Waals surface area contributed by atoms with Gasteiger partial charge in [0.05, 0.1) is 12.7 Å². The van der Waals surface area contributed by atoms with Gasteiger partial charge in [0.15, 0.2) is 0 Å². The Hall–Kier alpha value is -0.0800. The molecule has 0 radical (unpaired) electrons. The molecule has 1 aliphatic carbocycles. The van der Waals surface area contributed by atoms with Crippen LogP contribution in [-0.2, 0) is 9.78 Å². The standard InChI is InChI=1S/C9H16O2/c1-2-4-9-7-8(3-1)5-6-10-11-9/h8-9H,1-7H2. The first-order chi connectivity index (χ1) is 5.45. The third-order valence-electron chi connectivity index (χ3n) is 2.80. The molecule has 2 bridgehead atoms. The second-order valence-electron chi connectivity index (χ2n) is 3.72. The van der Waals surface area contributed by atoms with E-state index in [1.165, 1.54) is 38.5 Å². The van der Waals surface area contributed by atoms with Gasteiger partial charge in [-0.05, 0) is 25.2 Å². The predicted octanol–water partition coefficient (Wildman–Crippen LogP) is 2.29. The Morgan fingerprint density at radius 1 is 1.00 bits per heavy atom. The lowest BCUT2D eigenvalue weighted by molar-refractivity contribution is -0.318. The molecule has 0 aromatic heterocycles. The van der Waals surface area contributed by atoms with Crippen molar-refractivity contribution in [3.63, 3.8) is 0 Å². The van der Waals surface area contributed by atoms with Crippen LogP contribution in [0.5, 0.6) is 0 Å². The van der Waals surface area contributed by atoms with Crippen LogP contribution in [0.2, 0.25) is 0 Å². The van der Waals surface area contributed by atoms with Crippen LogP contribution in [0.25, 0.3) is 0 Å². The van der Waals surface area contributed by atoms with Crippen molar-refractivity contribution in [2.75, 3.05) is 6.61 Å². The van der Waals surface area contributed by atoms with Gasteiger partial charge < -0.3 is 0 Å². The van der Waals surface area contributed by atoms with E-state index in [-0.39, 0.29) is 0 Å². The Bertz CT molecular complexity index is 98.7. The molecule has 2 atom stereocenters. The van der Waals surface area contributed by atoms with E-state index in [0.29, 0.717) is 6.10 Å². The topological polar surface area (TPSA) is 18.5 Å². The normalized spacial score (nSPS) is 39.3. The van der Waals surface area contributed by atoms with Crippen LogP contribution in [0, 0.1) is 5.92 Å². The fraction of sp³-hybridized carbons (Fsp3) is 1.00. The fourth-order valence-corrected chi connectivity index (χ4v) is 2.12. The highest BCUT2D eigenvalue weighted by molar-refractivity contribution is 4.72. The first kappa shape index (κ1) is 7.56. The molecule has 0 N–H and O–H groups in total. The fourth-order valence-electron chi connectivity index (χ4n) is 2.12. The summed E-state index contributed by atoms with van der Waals surface area (Å²) in [5.41, 5.74) is 0. The molecule has 2 rings (SSSR count). The van der Waals surface area contributed by atoms with E-state index < -0.39 is 0 Å². The van der Waals surface area contributed by atoms with Gasteiger partial charge in [0.25, 0.3) is 0 Å². The second kappa shape index (κ2) is 3.55. The number of hydrogen-bond donors (Lipinski definition) is 0. The zero-order valence-electron chi connectivity index (χ0n) is 6.92. The molecular weight excluding hydrogens is 140 g/mol. The molecule has 1 heterocycles. The molecule has 0 aromatic carbocycles. The van der Waals surface area contributed by atoms with Gasteiger partial charge in [0, 0.05) is 0 Å². The predicted molar refractivity (Wildman–Crippen MR) is 42.0 cm³/mol. The van der Waals surface area contributed by atoms with Crippen molar-refractivity contribution in [3.05, 3.63) is 0 Å². The molecule has 1 saturated carbocycles. The Morgan fingerprint density at radius 3 is 2.91 bits per heavy atom. The molecule has 0 amide bonds. The molecule has 2 fully saturated rings. The largest absolute Gasteiger partial charge is 0.236 e. The van der Waals surface area contributed by atoms with Crippen LogP contribution in [0.15, 0.2) is 0 Å². The van der Waals surface area contributed by atoms with Gasteiger partial charge in [-0.3, -0.25) is 0 Å². The van der Waals surface area contributed by atoms with Crippen LogP contribution >= 0.6 is 0 Å². The van der Waals surface area contributed by atoms with Crippen molar-refractivity contribution in [3.8, 4) is 0 Å². The van der Waals surface area contributed by atoms with Crippen LogP contribution in [0.3, 0.4) is 0 Å². The van der Waals surface area contributed by atoms with E-state index in [9.17, 15) is 0 Å². The van der Waals surface area contributed by atoms with Gasteiger partial charge in [-0.15, -0.1) is 0 Å². The summed E-state index contributed by atoms with van der Waals surface area (Å²) in [4.78, 5) is 10.3. The van der Waals surface area contributed by atoms with Gasteiger partial charge in [-0.1, -0.05) is 19.3 Å². The highest BCUT2D eigenvalue weighted by Gasteiger charge is 2.23. The molecule has 2 aliphatic rings. The monoisotopic (exact) mass is 156 g/mol. The minimum Gasteiger partial charge on any atom is -0.236 e. The maximum absolute atomic E-state index is 5.25. The van der Waals surface area contributed by atoms with Crippen molar-refractivity contribution < 1.29 is 9.78 Å². The maximum Gasteiger partial charge on any atom is 0.0932 e. The molecule has 0 spiro atoms. The summed E-state index contributed by atoms with van der Waals surface area (Å²) in [5.74, 6) is 0.880. The smallest absolute Gasteiger partial charge is 0.0932 e. The highest BCUT2D eigenvalue weighted by Crippen LogP contribution is 2.29. The van der Waals surface area contributed by atoms with E-state index in [0.717, 1.165) is 12.5 Å². The van der Waals surface area contributed by atoms with Gasteiger partial charge >= 0.3 is 0 Å². The summed E-state index contributed by atoms with van der Waals surface area (Å²) in [6, 6.07) is 0. The number of hydrogen-bond acceptors (Lipinski definition) is 2. The molecular formula is C9H16O2. The van der Waals surface area contributed by atoms with E-state index in [2.05, 4.69) is 0 Å². The average molecular weight is 156 g/mol. The van der Waals surface area contributed by atoms with Crippen LogP contribution < -0.4 is 0 Å². The van der Waals surface area contributed by atoms with Crippen molar-refractivity contribution in [1.82, 2.24) is 0 Å². The van der Waals surface area contributed by atoms with Crippen molar-refractivity contribution in [2.24, 2.45) is 5.92 Å². The van der Waals surface area contributed by atoms with E-state index in [1.54, 1.807) is 0 Å². The Balaban J connectivity index is 1.96. The third-order valence-corrected chi connectivity index (χ3v) is 2.80. The second-order valence-corrected chi connectivity index (χ2v) is 3.72.